The van der Waals surface area contributed by atoms with E-state index in [0.717, 1.165) is 38.5 Å². The molecule has 0 saturated heterocycles. The Labute approximate surface area is 107 Å². The summed E-state index contributed by atoms with van der Waals surface area (Å²) in [6, 6.07) is 0.0854. The van der Waals surface area contributed by atoms with Crippen LogP contribution in [0.15, 0.2) is 0 Å². The summed E-state index contributed by atoms with van der Waals surface area (Å²) in [5, 5.41) is 15.0. The number of amides is 2. The number of aliphatic carboxylic acids is 1. The molecule has 2 aliphatic carbocycles. The summed E-state index contributed by atoms with van der Waals surface area (Å²) < 4.78 is 0. The maximum Gasteiger partial charge on any atom is 0.315 e. The van der Waals surface area contributed by atoms with Crippen LogP contribution in [0.1, 0.15) is 51.4 Å². The van der Waals surface area contributed by atoms with Crippen LogP contribution in [0, 0.1) is 5.41 Å². The van der Waals surface area contributed by atoms with Crippen molar-refractivity contribution in [2.75, 3.05) is 6.54 Å². The second-order valence-corrected chi connectivity index (χ2v) is 5.60. The fraction of sp³-hybridized carbons (Fsp3) is 0.846. The molecule has 2 saturated carbocycles. The van der Waals surface area contributed by atoms with Crippen LogP contribution in [0.4, 0.5) is 4.79 Å². The highest BCUT2D eigenvalue weighted by molar-refractivity contribution is 5.78. The highest BCUT2D eigenvalue weighted by atomic mass is 16.4. The first-order valence-corrected chi connectivity index (χ1v) is 6.90. The minimum atomic E-state index is -0.767. The normalized spacial score (nSPS) is 22.9. The minimum Gasteiger partial charge on any atom is -0.481 e. The number of carboxylic acid groups (broad SMARTS) is 1. The molecule has 0 radical (unpaired) electrons. The van der Waals surface area contributed by atoms with Gasteiger partial charge in [-0.25, -0.2) is 4.79 Å². The smallest absolute Gasteiger partial charge is 0.315 e. The summed E-state index contributed by atoms with van der Waals surface area (Å²) in [4.78, 5) is 23.1. The molecule has 18 heavy (non-hydrogen) atoms. The molecule has 0 aromatic heterocycles. The van der Waals surface area contributed by atoms with E-state index in [4.69, 9.17) is 0 Å². The zero-order valence-corrected chi connectivity index (χ0v) is 10.7. The maximum atomic E-state index is 11.6. The first-order chi connectivity index (χ1) is 8.62. The molecule has 2 fully saturated rings. The van der Waals surface area contributed by atoms with Gasteiger partial charge in [-0.2, -0.15) is 0 Å². The average molecular weight is 254 g/mol. The summed E-state index contributed by atoms with van der Waals surface area (Å²) in [5.74, 6) is -0.767. The molecule has 0 aromatic rings. The number of hydrogen-bond acceptors (Lipinski definition) is 2. The van der Waals surface area contributed by atoms with Gasteiger partial charge in [0.25, 0.3) is 0 Å². The Morgan fingerprint density at radius 2 is 1.72 bits per heavy atom. The third-order valence-corrected chi connectivity index (χ3v) is 4.01. The van der Waals surface area contributed by atoms with Gasteiger partial charge in [-0.3, -0.25) is 4.79 Å². The Morgan fingerprint density at radius 3 is 2.22 bits per heavy atom. The number of rotatable bonds is 4. The van der Waals surface area contributed by atoms with Crippen molar-refractivity contribution in [3.63, 3.8) is 0 Å². The van der Waals surface area contributed by atoms with Gasteiger partial charge in [-0.1, -0.05) is 25.7 Å². The predicted octanol–water partition coefficient (Wildman–Crippen LogP) is 1.87. The molecule has 2 rings (SSSR count). The Hall–Kier alpha value is -1.26. The molecule has 5 heteroatoms. The lowest BCUT2D eigenvalue weighted by Gasteiger charge is -2.28. The van der Waals surface area contributed by atoms with E-state index in [0.29, 0.717) is 18.9 Å². The third kappa shape index (κ3) is 3.37. The standard InChI is InChI=1S/C13H22N2O3/c16-11(17)13(7-3-1-2-4-8-13)9-14-12(18)15-10-5-6-10/h10H,1-9H2,(H,16,17)(H2,14,15,18). The van der Waals surface area contributed by atoms with Crippen molar-refractivity contribution >= 4 is 12.0 Å². The molecule has 3 N–H and O–H groups in total. The van der Waals surface area contributed by atoms with Gasteiger partial charge >= 0.3 is 12.0 Å². The van der Waals surface area contributed by atoms with E-state index in [2.05, 4.69) is 10.6 Å². The first kappa shape index (κ1) is 13.2. The van der Waals surface area contributed by atoms with E-state index in [1.165, 1.54) is 0 Å². The highest BCUT2D eigenvalue weighted by Crippen LogP contribution is 2.34. The molecule has 0 bridgehead atoms. The lowest BCUT2D eigenvalue weighted by atomic mass is 9.80. The van der Waals surface area contributed by atoms with Crippen LogP contribution in [0.3, 0.4) is 0 Å². The molecule has 102 valence electrons. The van der Waals surface area contributed by atoms with Gasteiger partial charge in [0.1, 0.15) is 0 Å². The van der Waals surface area contributed by atoms with Crippen molar-refractivity contribution in [3.8, 4) is 0 Å². The molecule has 2 amide bonds. The van der Waals surface area contributed by atoms with Crippen molar-refractivity contribution in [2.45, 2.75) is 57.4 Å². The van der Waals surface area contributed by atoms with Crippen LogP contribution < -0.4 is 10.6 Å². The van der Waals surface area contributed by atoms with E-state index < -0.39 is 11.4 Å². The first-order valence-electron chi connectivity index (χ1n) is 6.90. The van der Waals surface area contributed by atoms with Gasteiger partial charge < -0.3 is 15.7 Å². The van der Waals surface area contributed by atoms with Crippen LogP contribution in [-0.4, -0.2) is 29.7 Å². The number of urea groups is 1. The molecule has 0 aromatic carbocycles. The van der Waals surface area contributed by atoms with E-state index in [1.54, 1.807) is 0 Å². The lowest BCUT2D eigenvalue weighted by molar-refractivity contribution is -0.149. The van der Waals surface area contributed by atoms with Crippen molar-refractivity contribution in [3.05, 3.63) is 0 Å². The second-order valence-electron chi connectivity index (χ2n) is 5.60. The summed E-state index contributed by atoms with van der Waals surface area (Å²) in [5.41, 5.74) is -0.753. The van der Waals surface area contributed by atoms with E-state index >= 15 is 0 Å². The Kier molecular flexibility index (Phi) is 4.09. The molecule has 2 aliphatic rings. The summed E-state index contributed by atoms with van der Waals surface area (Å²) in [7, 11) is 0. The van der Waals surface area contributed by atoms with Crippen LogP contribution >= 0.6 is 0 Å². The maximum absolute atomic E-state index is 11.6. The van der Waals surface area contributed by atoms with Gasteiger partial charge in [0.05, 0.1) is 5.41 Å². The Bertz CT molecular complexity index is 318. The average Bonchev–Trinajstić information content (AvgIpc) is 3.13. The number of carbonyl (C=O) groups excluding carboxylic acids is 1. The highest BCUT2D eigenvalue weighted by Gasteiger charge is 2.39. The minimum absolute atomic E-state index is 0.220. The van der Waals surface area contributed by atoms with Gasteiger partial charge in [0, 0.05) is 12.6 Å². The van der Waals surface area contributed by atoms with Gasteiger partial charge in [-0.05, 0) is 25.7 Å². The molecule has 0 unspecified atom stereocenters. The summed E-state index contributed by atoms with van der Waals surface area (Å²) in [6.45, 7) is 0.251. The van der Waals surface area contributed by atoms with Crippen LogP contribution in [0.25, 0.3) is 0 Å². The van der Waals surface area contributed by atoms with Crippen molar-refractivity contribution < 1.29 is 14.7 Å². The van der Waals surface area contributed by atoms with Gasteiger partial charge in [0.2, 0.25) is 0 Å². The molecule has 0 aliphatic heterocycles. The zero-order valence-electron chi connectivity index (χ0n) is 10.7. The quantitative estimate of drug-likeness (QED) is 0.670. The molecule has 5 nitrogen and oxygen atoms in total. The fourth-order valence-corrected chi connectivity index (χ4v) is 2.59. The number of nitrogens with one attached hydrogen (secondary N) is 2. The molecular weight excluding hydrogens is 232 g/mol. The van der Waals surface area contributed by atoms with Gasteiger partial charge in [0.15, 0.2) is 0 Å². The number of carboxylic acids is 1. The molecule has 0 spiro atoms. The SMILES string of the molecule is O=C(NCC1(C(=O)O)CCCCCC1)NC1CC1. The number of carbonyl (C=O) groups is 2. The fourth-order valence-electron chi connectivity index (χ4n) is 2.59. The van der Waals surface area contributed by atoms with Crippen molar-refractivity contribution in [1.82, 2.24) is 10.6 Å². The molecular formula is C13H22N2O3. The van der Waals surface area contributed by atoms with Crippen molar-refractivity contribution in [1.29, 1.82) is 0 Å². The summed E-state index contributed by atoms with van der Waals surface area (Å²) in [6.07, 6.45) is 7.51. The lowest BCUT2D eigenvalue weighted by Crippen LogP contribution is -2.46. The topological polar surface area (TPSA) is 78.4 Å². The van der Waals surface area contributed by atoms with Crippen LogP contribution in [-0.2, 0) is 4.79 Å². The van der Waals surface area contributed by atoms with E-state index in [1.807, 2.05) is 0 Å². The van der Waals surface area contributed by atoms with E-state index in [-0.39, 0.29) is 12.6 Å². The Morgan fingerprint density at radius 1 is 1.11 bits per heavy atom. The van der Waals surface area contributed by atoms with Crippen LogP contribution in [0.2, 0.25) is 0 Å². The van der Waals surface area contributed by atoms with Crippen LogP contribution in [0.5, 0.6) is 0 Å². The predicted molar refractivity (Wildman–Crippen MR) is 67.3 cm³/mol. The second kappa shape index (κ2) is 5.59. The van der Waals surface area contributed by atoms with Gasteiger partial charge in [-0.15, -0.1) is 0 Å². The van der Waals surface area contributed by atoms with Crippen molar-refractivity contribution in [2.24, 2.45) is 5.41 Å². The molecule has 0 heterocycles. The third-order valence-electron chi connectivity index (χ3n) is 4.01. The zero-order chi connectivity index (χ0) is 13.0. The summed E-state index contributed by atoms with van der Waals surface area (Å²) >= 11 is 0. The Balaban J connectivity index is 1.87. The largest absolute Gasteiger partial charge is 0.481 e. The molecule has 0 atom stereocenters. The monoisotopic (exact) mass is 254 g/mol. The number of hydrogen-bond donors (Lipinski definition) is 3. The van der Waals surface area contributed by atoms with E-state index in [9.17, 15) is 14.7 Å².